The van der Waals surface area contributed by atoms with Gasteiger partial charge in [0.05, 0.1) is 0 Å². The molecule has 1 atom stereocenters. The minimum absolute atomic E-state index is 0.149. The molecule has 104 valence electrons. The van der Waals surface area contributed by atoms with Gasteiger partial charge in [0.1, 0.15) is 6.04 Å². The monoisotopic (exact) mass is 264 g/mol. The zero-order valence-corrected chi connectivity index (χ0v) is 11.4. The van der Waals surface area contributed by atoms with Gasteiger partial charge in [-0.1, -0.05) is 26.0 Å². The van der Waals surface area contributed by atoms with Gasteiger partial charge in [0.2, 0.25) is 5.91 Å². The summed E-state index contributed by atoms with van der Waals surface area (Å²) in [6.07, 6.45) is 0. The first-order valence-corrected chi connectivity index (χ1v) is 6.24. The Balaban J connectivity index is 2.59. The van der Waals surface area contributed by atoms with Gasteiger partial charge in [-0.25, -0.2) is 4.79 Å². The molecule has 0 saturated heterocycles. The molecule has 1 aromatic carbocycles. The van der Waals surface area contributed by atoms with Gasteiger partial charge in [0, 0.05) is 19.2 Å². The van der Waals surface area contributed by atoms with Crippen LogP contribution in [0.1, 0.15) is 32.3 Å². The molecule has 0 aliphatic rings. The van der Waals surface area contributed by atoms with Crippen molar-refractivity contribution in [1.29, 1.82) is 0 Å². The van der Waals surface area contributed by atoms with Crippen molar-refractivity contribution in [2.45, 2.75) is 32.7 Å². The number of benzene rings is 1. The van der Waals surface area contributed by atoms with E-state index in [9.17, 15) is 9.59 Å². The topological polar surface area (TPSA) is 78.4 Å². The lowest BCUT2D eigenvalue weighted by atomic mass is 10.0. The van der Waals surface area contributed by atoms with Crippen molar-refractivity contribution in [3.05, 3.63) is 29.8 Å². The standard InChI is InChI=1S/C14H20N2O3/c1-9(2)11-4-6-12(7-5-11)15-8-13(14(18)19)16-10(3)17/h4-7,9,13,15H,8H2,1-3H3,(H,16,17)(H,18,19). The predicted octanol–water partition coefficient (Wildman–Crippen LogP) is 1.81. The Kier molecular flexibility index (Phi) is 5.36. The minimum atomic E-state index is -1.05. The number of anilines is 1. The van der Waals surface area contributed by atoms with Gasteiger partial charge in [-0.3, -0.25) is 4.79 Å². The Morgan fingerprint density at radius 3 is 2.21 bits per heavy atom. The fraction of sp³-hybridized carbons (Fsp3) is 0.429. The Labute approximate surface area is 113 Å². The molecule has 1 unspecified atom stereocenters. The lowest BCUT2D eigenvalue weighted by Crippen LogP contribution is -2.44. The summed E-state index contributed by atoms with van der Waals surface area (Å²) in [5.41, 5.74) is 2.06. The number of carboxylic acids is 1. The first-order chi connectivity index (χ1) is 8.90. The number of carbonyl (C=O) groups is 2. The van der Waals surface area contributed by atoms with E-state index in [0.29, 0.717) is 5.92 Å². The van der Waals surface area contributed by atoms with E-state index in [1.165, 1.54) is 12.5 Å². The molecule has 5 nitrogen and oxygen atoms in total. The van der Waals surface area contributed by atoms with Gasteiger partial charge in [-0.15, -0.1) is 0 Å². The second-order valence-electron chi connectivity index (χ2n) is 4.75. The van der Waals surface area contributed by atoms with Crippen molar-refractivity contribution in [2.75, 3.05) is 11.9 Å². The number of hydrogen-bond acceptors (Lipinski definition) is 3. The van der Waals surface area contributed by atoms with Crippen molar-refractivity contribution >= 4 is 17.6 Å². The quantitative estimate of drug-likeness (QED) is 0.732. The van der Waals surface area contributed by atoms with Crippen LogP contribution in [-0.2, 0) is 9.59 Å². The summed E-state index contributed by atoms with van der Waals surface area (Å²) in [6, 6.07) is 6.88. The molecule has 0 spiro atoms. The van der Waals surface area contributed by atoms with Crippen LogP contribution in [0.15, 0.2) is 24.3 Å². The number of nitrogens with one attached hydrogen (secondary N) is 2. The molecule has 0 aromatic heterocycles. The summed E-state index contributed by atoms with van der Waals surface area (Å²) in [4.78, 5) is 21.8. The zero-order valence-electron chi connectivity index (χ0n) is 11.4. The van der Waals surface area contributed by atoms with Crippen LogP contribution in [0.25, 0.3) is 0 Å². The van der Waals surface area contributed by atoms with E-state index < -0.39 is 12.0 Å². The second kappa shape index (κ2) is 6.78. The third-order valence-electron chi connectivity index (χ3n) is 2.76. The van der Waals surface area contributed by atoms with Gasteiger partial charge in [0.25, 0.3) is 0 Å². The first kappa shape index (κ1) is 15.0. The number of carbonyl (C=O) groups excluding carboxylic acids is 1. The second-order valence-corrected chi connectivity index (χ2v) is 4.75. The molecular weight excluding hydrogens is 244 g/mol. The summed E-state index contributed by atoms with van der Waals surface area (Å²) >= 11 is 0. The molecule has 0 aliphatic heterocycles. The van der Waals surface area contributed by atoms with Crippen LogP contribution < -0.4 is 10.6 Å². The van der Waals surface area contributed by atoms with Crippen LogP contribution in [0.5, 0.6) is 0 Å². The molecular formula is C14H20N2O3. The average molecular weight is 264 g/mol. The smallest absolute Gasteiger partial charge is 0.328 e. The van der Waals surface area contributed by atoms with Gasteiger partial charge in [0.15, 0.2) is 0 Å². The van der Waals surface area contributed by atoms with Crippen LogP contribution in [0.4, 0.5) is 5.69 Å². The first-order valence-electron chi connectivity index (χ1n) is 6.24. The van der Waals surface area contributed by atoms with E-state index >= 15 is 0 Å². The number of hydrogen-bond donors (Lipinski definition) is 3. The highest BCUT2D eigenvalue weighted by atomic mass is 16.4. The molecule has 0 aliphatic carbocycles. The van der Waals surface area contributed by atoms with Gasteiger partial charge in [-0.05, 0) is 23.6 Å². The highest BCUT2D eigenvalue weighted by Gasteiger charge is 2.17. The Hall–Kier alpha value is -2.04. The fourth-order valence-corrected chi connectivity index (χ4v) is 1.65. The molecule has 5 heteroatoms. The molecule has 1 rings (SSSR count). The van der Waals surface area contributed by atoms with Crippen LogP contribution in [0.2, 0.25) is 0 Å². The number of aliphatic carboxylic acids is 1. The zero-order chi connectivity index (χ0) is 14.4. The van der Waals surface area contributed by atoms with Gasteiger partial charge >= 0.3 is 5.97 Å². The van der Waals surface area contributed by atoms with E-state index in [1.807, 2.05) is 24.3 Å². The fourth-order valence-electron chi connectivity index (χ4n) is 1.65. The highest BCUT2D eigenvalue weighted by Crippen LogP contribution is 2.16. The summed E-state index contributed by atoms with van der Waals surface area (Å²) in [7, 11) is 0. The summed E-state index contributed by atoms with van der Waals surface area (Å²) in [5.74, 6) is -0.953. The van der Waals surface area contributed by atoms with Crippen LogP contribution in [-0.4, -0.2) is 29.6 Å². The highest BCUT2D eigenvalue weighted by molar-refractivity contribution is 5.82. The normalized spacial score (nSPS) is 12.0. The molecule has 0 bridgehead atoms. The maximum absolute atomic E-state index is 10.9. The Bertz CT molecular complexity index is 441. The molecule has 0 fully saturated rings. The molecule has 3 N–H and O–H groups in total. The lowest BCUT2D eigenvalue weighted by Gasteiger charge is -2.15. The molecule has 1 aromatic rings. The SMILES string of the molecule is CC(=O)NC(CNc1ccc(C(C)C)cc1)C(=O)O. The molecule has 0 heterocycles. The Morgan fingerprint density at radius 1 is 1.21 bits per heavy atom. The maximum atomic E-state index is 10.9. The summed E-state index contributed by atoms with van der Waals surface area (Å²) in [5, 5.41) is 14.3. The number of rotatable bonds is 6. The van der Waals surface area contributed by atoms with Crippen molar-refractivity contribution in [1.82, 2.24) is 5.32 Å². The molecule has 0 saturated carbocycles. The van der Waals surface area contributed by atoms with Crippen LogP contribution >= 0.6 is 0 Å². The van der Waals surface area contributed by atoms with Gasteiger partial charge < -0.3 is 15.7 Å². The van der Waals surface area contributed by atoms with Crippen LogP contribution in [0, 0.1) is 0 Å². The van der Waals surface area contributed by atoms with Crippen molar-refractivity contribution in [3.63, 3.8) is 0 Å². The number of carboxylic acid groups (broad SMARTS) is 1. The largest absolute Gasteiger partial charge is 0.480 e. The number of amides is 1. The third-order valence-corrected chi connectivity index (χ3v) is 2.76. The molecule has 0 radical (unpaired) electrons. The summed E-state index contributed by atoms with van der Waals surface area (Å²) < 4.78 is 0. The van der Waals surface area contributed by atoms with E-state index in [2.05, 4.69) is 24.5 Å². The lowest BCUT2D eigenvalue weighted by molar-refractivity contribution is -0.141. The average Bonchev–Trinajstić information content (AvgIpc) is 2.34. The van der Waals surface area contributed by atoms with Crippen LogP contribution in [0.3, 0.4) is 0 Å². The molecule has 1 amide bonds. The van der Waals surface area contributed by atoms with Gasteiger partial charge in [-0.2, -0.15) is 0 Å². The molecule has 19 heavy (non-hydrogen) atoms. The Morgan fingerprint density at radius 2 is 1.79 bits per heavy atom. The minimum Gasteiger partial charge on any atom is -0.480 e. The van der Waals surface area contributed by atoms with E-state index in [0.717, 1.165) is 5.69 Å². The summed E-state index contributed by atoms with van der Waals surface area (Å²) in [6.45, 7) is 5.67. The van der Waals surface area contributed by atoms with Crippen molar-refractivity contribution in [3.8, 4) is 0 Å². The van der Waals surface area contributed by atoms with E-state index in [-0.39, 0.29) is 12.5 Å². The van der Waals surface area contributed by atoms with E-state index in [4.69, 9.17) is 5.11 Å². The van der Waals surface area contributed by atoms with Crippen molar-refractivity contribution < 1.29 is 14.7 Å². The predicted molar refractivity (Wildman–Crippen MR) is 74.3 cm³/mol. The van der Waals surface area contributed by atoms with E-state index in [1.54, 1.807) is 0 Å². The van der Waals surface area contributed by atoms with Crippen molar-refractivity contribution in [2.24, 2.45) is 0 Å². The third kappa shape index (κ3) is 4.99. The maximum Gasteiger partial charge on any atom is 0.328 e.